The molecule has 1 aromatic heterocycles. The maximum absolute atomic E-state index is 15.8. The van der Waals surface area contributed by atoms with Crippen molar-refractivity contribution in [3.8, 4) is 0 Å². The van der Waals surface area contributed by atoms with Crippen LogP contribution in [0.1, 0.15) is 41.3 Å². The monoisotopic (exact) mass is 427 g/mol. The van der Waals surface area contributed by atoms with Gasteiger partial charge in [-0.1, -0.05) is 35.3 Å². The van der Waals surface area contributed by atoms with Gasteiger partial charge < -0.3 is 5.11 Å². The molecule has 0 spiro atoms. The molecule has 0 radical (unpaired) electrons. The van der Waals surface area contributed by atoms with Crippen LogP contribution in [0.2, 0.25) is 10.0 Å². The molecule has 0 saturated heterocycles. The highest BCUT2D eigenvalue weighted by molar-refractivity contribution is 7.99. The molecule has 1 heterocycles. The molecule has 1 aromatic carbocycles. The molecule has 1 aliphatic carbocycles. The summed E-state index contributed by atoms with van der Waals surface area (Å²) in [6.45, 7) is 0.0604. The van der Waals surface area contributed by atoms with E-state index < -0.39 is 11.5 Å². The summed E-state index contributed by atoms with van der Waals surface area (Å²) < 4.78 is 15.8. The van der Waals surface area contributed by atoms with E-state index in [1.54, 1.807) is 48.3 Å². The Labute approximate surface area is 172 Å². The number of carbonyl (C=O) groups is 1. The van der Waals surface area contributed by atoms with Crippen molar-refractivity contribution in [1.82, 2.24) is 4.98 Å². The predicted octanol–water partition coefficient (Wildman–Crippen LogP) is 5.32. The van der Waals surface area contributed by atoms with Crippen LogP contribution in [0.3, 0.4) is 0 Å². The Morgan fingerprint density at radius 1 is 1.37 bits per heavy atom. The van der Waals surface area contributed by atoms with Crippen molar-refractivity contribution in [2.24, 2.45) is 0 Å². The second kappa shape index (κ2) is 8.91. The maximum Gasteiger partial charge on any atom is 0.195 e. The van der Waals surface area contributed by atoms with Gasteiger partial charge in [-0.25, -0.2) is 4.39 Å². The number of pyridine rings is 1. The average Bonchev–Trinajstić information content (AvgIpc) is 2.67. The van der Waals surface area contributed by atoms with Crippen LogP contribution in [0.25, 0.3) is 0 Å². The zero-order valence-electron chi connectivity index (χ0n) is 14.6. The molecule has 1 aliphatic rings. The Hall–Kier alpha value is -1.14. The number of Topliss-reactive ketones (excluding diaryl/α,β-unsaturated/α-hetero) is 1. The molecule has 2 atom stereocenters. The van der Waals surface area contributed by atoms with Crippen molar-refractivity contribution < 1.29 is 14.3 Å². The number of halogens is 3. The fourth-order valence-electron chi connectivity index (χ4n) is 3.43. The van der Waals surface area contributed by atoms with Crippen molar-refractivity contribution in [2.45, 2.75) is 36.6 Å². The van der Waals surface area contributed by atoms with Gasteiger partial charge >= 0.3 is 0 Å². The Morgan fingerprint density at radius 2 is 2.19 bits per heavy atom. The van der Waals surface area contributed by atoms with E-state index in [0.29, 0.717) is 39.9 Å². The maximum atomic E-state index is 15.8. The Morgan fingerprint density at radius 3 is 2.93 bits per heavy atom. The number of ketones is 1. The lowest BCUT2D eigenvalue weighted by atomic mass is 9.78. The molecule has 3 rings (SSSR count). The van der Waals surface area contributed by atoms with Crippen LogP contribution < -0.4 is 0 Å². The molecular formula is C20H20Cl2FNO2S. The van der Waals surface area contributed by atoms with Gasteiger partial charge in [0, 0.05) is 39.2 Å². The first kappa shape index (κ1) is 20.6. The number of nitrogens with zero attached hydrogens (tertiary/aromatic N) is 1. The normalized spacial score (nSPS) is 21.7. The van der Waals surface area contributed by atoms with Crippen LogP contribution in [-0.4, -0.2) is 28.2 Å². The van der Waals surface area contributed by atoms with Crippen molar-refractivity contribution in [2.75, 3.05) is 12.4 Å². The molecule has 7 heteroatoms. The number of aromatic nitrogens is 1. The number of fused-ring (bicyclic) bond motifs is 1. The summed E-state index contributed by atoms with van der Waals surface area (Å²) in [7, 11) is 0. The number of aliphatic hydroxyl groups is 1. The topological polar surface area (TPSA) is 50.2 Å². The average molecular weight is 428 g/mol. The summed E-state index contributed by atoms with van der Waals surface area (Å²) in [4.78, 5) is 17.2. The number of aryl methyl sites for hydroxylation is 1. The van der Waals surface area contributed by atoms with Gasteiger partial charge in [0.05, 0.1) is 12.3 Å². The van der Waals surface area contributed by atoms with E-state index in [4.69, 9.17) is 28.3 Å². The number of rotatable bonds is 7. The molecular weight excluding hydrogens is 408 g/mol. The minimum atomic E-state index is -2.03. The molecule has 0 aliphatic heterocycles. The molecule has 1 unspecified atom stereocenters. The number of thioether (sulfide) groups is 1. The van der Waals surface area contributed by atoms with E-state index in [9.17, 15) is 4.79 Å². The van der Waals surface area contributed by atoms with E-state index in [-0.39, 0.29) is 24.7 Å². The van der Waals surface area contributed by atoms with Gasteiger partial charge in [0.1, 0.15) is 0 Å². The van der Waals surface area contributed by atoms with Crippen molar-refractivity contribution in [1.29, 1.82) is 0 Å². The highest BCUT2D eigenvalue weighted by atomic mass is 35.5. The number of hydrogen-bond donors (Lipinski definition) is 1. The molecule has 27 heavy (non-hydrogen) atoms. The number of carbonyl (C=O) groups excluding carboxylic acids is 1. The van der Waals surface area contributed by atoms with Crippen LogP contribution in [0.15, 0.2) is 36.5 Å². The first-order valence-electron chi connectivity index (χ1n) is 8.79. The third-order valence-electron chi connectivity index (χ3n) is 4.81. The zero-order chi connectivity index (χ0) is 19.4. The fraction of sp³-hybridized carbons (Fsp3) is 0.400. The van der Waals surface area contributed by atoms with Gasteiger partial charge in [0.2, 0.25) is 0 Å². The molecule has 1 N–H and O–H groups in total. The minimum Gasteiger partial charge on any atom is -0.396 e. The second-order valence-corrected chi connectivity index (χ2v) is 8.67. The zero-order valence-corrected chi connectivity index (χ0v) is 17.0. The largest absolute Gasteiger partial charge is 0.396 e. The number of aliphatic hydroxyl groups excluding tert-OH is 1. The van der Waals surface area contributed by atoms with Gasteiger partial charge in [0.15, 0.2) is 11.5 Å². The van der Waals surface area contributed by atoms with Crippen molar-refractivity contribution in [3.63, 3.8) is 0 Å². The van der Waals surface area contributed by atoms with E-state index in [0.717, 1.165) is 5.56 Å². The summed E-state index contributed by atoms with van der Waals surface area (Å²) in [5.41, 5.74) is -0.281. The second-order valence-electron chi connectivity index (χ2n) is 6.52. The van der Waals surface area contributed by atoms with Crippen molar-refractivity contribution >= 4 is 40.7 Å². The van der Waals surface area contributed by atoms with Crippen LogP contribution in [-0.2, 0) is 16.9 Å². The van der Waals surface area contributed by atoms with E-state index in [1.807, 2.05) is 0 Å². The van der Waals surface area contributed by atoms with Gasteiger partial charge in [-0.3, -0.25) is 9.78 Å². The first-order valence-corrected chi connectivity index (χ1v) is 10.6. The standard InChI is InChI=1S/C20H20Cl2FNO2S/c21-14-5-3-13(16(22)12-14)4-6-18(26)20(23)8-7-17(27-11-10-25)19-15(20)2-1-9-24-19/h1-3,5,9,12,17,25H,4,6-8,10-11H2/t17?,20-/m0/s1. The summed E-state index contributed by atoms with van der Waals surface area (Å²) in [5, 5.41) is 10.1. The molecule has 3 nitrogen and oxygen atoms in total. The highest BCUT2D eigenvalue weighted by Crippen LogP contribution is 2.48. The third kappa shape index (κ3) is 4.48. The highest BCUT2D eigenvalue weighted by Gasteiger charge is 2.46. The molecule has 0 saturated carbocycles. The van der Waals surface area contributed by atoms with Crippen LogP contribution in [0.4, 0.5) is 4.39 Å². The minimum absolute atomic E-state index is 0.00395. The van der Waals surface area contributed by atoms with Crippen molar-refractivity contribution in [3.05, 3.63) is 63.4 Å². The van der Waals surface area contributed by atoms with E-state index in [2.05, 4.69) is 4.98 Å². The summed E-state index contributed by atoms with van der Waals surface area (Å²) in [5.74, 6) is 0.108. The molecule has 2 aromatic rings. The predicted molar refractivity (Wildman–Crippen MR) is 108 cm³/mol. The summed E-state index contributed by atoms with van der Waals surface area (Å²) in [6, 6.07) is 8.41. The van der Waals surface area contributed by atoms with Crippen LogP contribution >= 0.6 is 35.0 Å². The molecule has 0 bridgehead atoms. The van der Waals surface area contributed by atoms with Gasteiger partial charge in [-0.05, 0) is 43.0 Å². The Bertz CT molecular complexity index is 835. The molecule has 0 fully saturated rings. The van der Waals surface area contributed by atoms with E-state index >= 15 is 4.39 Å². The summed E-state index contributed by atoms with van der Waals surface area (Å²) >= 11 is 13.6. The number of alkyl halides is 1. The van der Waals surface area contributed by atoms with E-state index in [1.165, 1.54) is 0 Å². The smallest absolute Gasteiger partial charge is 0.195 e. The quantitative estimate of drug-likeness (QED) is 0.649. The molecule has 0 amide bonds. The third-order valence-corrected chi connectivity index (χ3v) is 6.68. The SMILES string of the molecule is O=C(CCc1ccc(Cl)cc1Cl)[C@]1(F)CCC(SCCO)c2ncccc21. The van der Waals surface area contributed by atoms with Gasteiger partial charge in [-0.2, -0.15) is 0 Å². The van der Waals surface area contributed by atoms with Gasteiger partial charge in [-0.15, -0.1) is 11.8 Å². The lowest BCUT2D eigenvalue weighted by molar-refractivity contribution is -0.132. The Balaban J connectivity index is 1.79. The number of benzene rings is 1. The number of hydrogen-bond acceptors (Lipinski definition) is 4. The fourth-order valence-corrected chi connectivity index (χ4v) is 4.95. The van der Waals surface area contributed by atoms with Crippen LogP contribution in [0.5, 0.6) is 0 Å². The summed E-state index contributed by atoms with van der Waals surface area (Å²) in [6.07, 6.45) is 2.68. The molecule has 144 valence electrons. The van der Waals surface area contributed by atoms with Gasteiger partial charge in [0.25, 0.3) is 0 Å². The first-order chi connectivity index (χ1) is 13.0. The Kier molecular flexibility index (Phi) is 6.79. The lowest BCUT2D eigenvalue weighted by Crippen LogP contribution is -2.36. The lowest BCUT2D eigenvalue weighted by Gasteiger charge is -2.34. The van der Waals surface area contributed by atoms with Crippen LogP contribution in [0, 0.1) is 0 Å².